The molecule has 0 fully saturated rings. The molecule has 0 unspecified atom stereocenters. The number of benzene rings is 1. The van der Waals surface area contributed by atoms with Gasteiger partial charge in [0, 0.05) is 9.99 Å². The van der Waals surface area contributed by atoms with Gasteiger partial charge >= 0.3 is 5.97 Å². The molecule has 0 spiro atoms. The number of Topliss-reactive ketones (excluding diaryl/α,β-unsaturated/α-hetero) is 1. The van der Waals surface area contributed by atoms with Crippen molar-refractivity contribution >= 4 is 34.3 Å². The highest BCUT2D eigenvalue weighted by atomic mass is 127. The number of hydrogen-bond donors (Lipinski definition) is 0. The quantitative estimate of drug-likeness (QED) is 0.553. The smallest absolute Gasteiger partial charge is 0.306 e. The van der Waals surface area contributed by atoms with E-state index >= 15 is 0 Å². The van der Waals surface area contributed by atoms with Gasteiger partial charge in [0.1, 0.15) is 12.4 Å². The molecule has 98 valence electrons. The van der Waals surface area contributed by atoms with Crippen LogP contribution in [-0.2, 0) is 14.3 Å². The zero-order valence-electron chi connectivity index (χ0n) is 10.1. The number of hydrogen-bond acceptors (Lipinski definition) is 4. The molecule has 0 atom stereocenters. The molecule has 18 heavy (non-hydrogen) atoms. The standard InChI is InChI=1S/C13H15IO4/c1-2-17-13(16)7-6-11(15)9-18-12-5-3-4-10(14)8-12/h3-5,8H,2,6-7,9H2,1H3. The maximum atomic E-state index is 11.5. The molecular formula is C13H15IO4. The van der Waals surface area contributed by atoms with E-state index in [0.29, 0.717) is 12.4 Å². The van der Waals surface area contributed by atoms with Gasteiger partial charge in [-0.15, -0.1) is 0 Å². The van der Waals surface area contributed by atoms with Crippen molar-refractivity contribution in [3.63, 3.8) is 0 Å². The summed E-state index contributed by atoms with van der Waals surface area (Å²) in [6, 6.07) is 7.44. The van der Waals surface area contributed by atoms with Crippen LogP contribution in [0, 0.1) is 3.57 Å². The van der Waals surface area contributed by atoms with Crippen LogP contribution in [0.4, 0.5) is 0 Å². The van der Waals surface area contributed by atoms with E-state index in [9.17, 15) is 9.59 Å². The first-order chi connectivity index (χ1) is 8.61. The highest BCUT2D eigenvalue weighted by molar-refractivity contribution is 14.1. The van der Waals surface area contributed by atoms with Crippen LogP contribution >= 0.6 is 22.6 Å². The van der Waals surface area contributed by atoms with Crippen LogP contribution in [0.1, 0.15) is 19.8 Å². The van der Waals surface area contributed by atoms with Crippen molar-refractivity contribution in [2.24, 2.45) is 0 Å². The van der Waals surface area contributed by atoms with Crippen LogP contribution in [0.5, 0.6) is 5.75 Å². The first kappa shape index (κ1) is 14.9. The lowest BCUT2D eigenvalue weighted by atomic mass is 10.2. The van der Waals surface area contributed by atoms with Gasteiger partial charge in [0.25, 0.3) is 0 Å². The molecule has 1 rings (SSSR count). The summed E-state index contributed by atoms with van der Waals surface area (Å²) >= 11 is 2.17. The second-order valence-electron chi connectivity index (χ2n) is 3.59. The van der Waals surface area contributed by atoms with Gasteiger partial charge in [-0.2, -0.15) is 0 Å². The van der Waals surface area contributed by atoms with Crippen LogP contribution in [0.2, 0.25) is 0 Å². The summed E-state index contributed by atoms with van der Waals surface area (Å²) in [6.45, 7) is 2.06. The van der Waals surface area contributed by atoms with Gasteiger partial charge in [-0.3, -0.25) is 9.59 Å². The Morgan fingerprint density at radius 1 is 1.28 bits per heavy atom. The van der Waals surface area contributed by atoms with Crippen molar-refractivity contribution in [2.45, 2.75) is 19.8 Å². The van der Waals surface area contributed by atoms with Crippen LogP contribution < -0.4 is 4.74 Å². The Bertz CT molecular complexity index is 417. The molecule has 0 N–H and O–H groups in total. The van der Waals surface area contributed by atoms with Crippen molar-refractivity contribution < 1.29 is 19.1 Å². The molecule has 0 aliphatic rings. The van der Waals surface area contributed by atoms with Gasteiger partial charge in [-0.05, 0) is 47.7 Å². The molecule has 5 heteroatoms. The topological polar surface area (TPSA) is 52.6 Å². The SMILES string of the molecule is CCOC(=O)CCC(=O)COc1cccc(I)c1. The minimum absolute atomic E-state index is 0.0144. The zero-order chi connectivity index (χ0) is 13.4. The lowest BCUT2D eigenvalue weighted by molar-refractivity contribution is -0.144. The number of halogens is 1. The molecule has 0 aliphatic carbocycles. The summed E-state index contributed by atoms with van der Waals surface area (Å²) in [6.07, 6.45) is 0.269. The third-order valence-corrected chi connectivity index (χ3v) is 2.78. The number of rotatable bonds is 7. The molecule has 0 bridgehead atoms. The van der Waals surface area contributed by atoms with Crippen LogP contribution in [0.3, 0.4) is 0 Å². The second-order valence-corrected chi connectivity index (χ2v) is 4.84. The Hall–Kier alpha value is -1.11. The first-order valence-electron chi connectivity index (χ1n) is 5.67. The Kier molecular flexibility index (Phi) is 6.70. The van der Waals surface area contributed by atoms with E-state index in [2.05, 4.69) is 22.6 Å². The number of ether oxygens (including phenoxy) is 2. The Morgan fingerprint density at radius 2 is 2.06 bits per heavy atom. The fourth-order valence-electron chi connectivity index (χ4n) is 1.27. The van der Waals surface area contributed by atoms with Gasteiger partial charge in [0.05, 0.1) is 13.0 Å². The summed E-state index contributed by atoms with van der Waals surface area (Å²) in [5.74, 6) is 0.202. The van der Waals surface area contributed by atoms with E-state index in [1.165, 1.54) is 0 Å². The van der Waals surface area contributed by atoms with Gasteiger partial charge < -0.3 is 9.47 Å². The van der Waals surface area contributed by atoms with Gasteiger partial charge in [0.2, 0.25) is 0 Å². The third-order valence-electron chi connectivity index (χ3n) is 2.11. The van der Waals surface area contributed by atoms with E-state index in [1.807, 2.05) is 18.2 Å². The second kappa shape index (κ2) is 8.07. The van der Waals surface area contributed by atoms with E-state index in [4.69, 9.17) is 9.47 Å². The summed E-state index contributed by atoms with van der Waals surface area (Å²) in [5.41, 5.74) is 0. The van der Waals surface area contributed by atoms with Crippen LogP contribution in [0.25, 0.3) is 0 Å². The molecule has 1 aromatic carbocycles. The lowest BCUT2D eigenvalue weighted by Gasteiger charge is -2.05. The Morgan fingerprint density at radius 3 is 2.72 bits per heavy atom. The van der Waals surface area contributed by atoms with Crippen molar-refractivity contribution in [2.75, 3.05) is 13.2 Å². The van der Waals surface area contributed by atoms with Crippen molar-refractivity contribution in [1.82, 2.24) is 0 Å². The monoisotopic (exact) mass is 362 g/mol. The van der Waals surface area contributed by atoms with Gasteiger partial charge in [0.15, 0.2) is 5.78 Å². The summed E-state index contributed by atoms with van der Waals surface area (Å²) in [4.78, 5) is 22.5. The summed E-state index contributed by atoms with van der Waals surface area (Å²) < 4.78 is 11.1. The largest absolute Gasteiger partial charge is 0.486 e. The summed E-state index contributed by atoms with van der Waals surface area (Å²) in [5, 5.41) is 0. The van der Waals surface area contributed by atoms with Gasteiger partial charge in [-0.1, -0.05) is 6.07 Å². The van der Waals surface area contributed by atoms with Gasteiger partial charge in [-0.25, -0.2) is 0 Å². The normalized spacial score (nSPS) is 9.89. The van der Waals surface area contributed by atoms with Crippen LogP contribution in [-0.4, -0.2) is 25.0 Å². The molecule has 4 nitrogen and oxygen atoms in total. The maximum absolute atomic E-state index is 11.5. The molecule has 0 amide bonds. The van der Waals surface area contributed by atoms with E-state index < -0.39 is 0 Å². The average molecular weight is 362 g/mol. The number of ketones is 1. The van der Waals surface area contributed by atoms with Crippen molar-refractivity contribution in [1.29, 1.82) is 0 Å². The maximum Gasteiger partial charge on any atom is 0.306 e. The fourth-order valence-corrected chi connectivity index (χ4v) is 1.78. The Labute approximate surface area is 120 Å². The number of carbonyl (C=O) groups excluding carboxylic acids is 2. The zero-order valence-corrected chi connectivity index (χ0v) is 12.3. The van der Waals surface area contributed by atoms with E-state index in [-0.39, 0.29) is 31.2 Å². The average Bonchev–Trinajstić information content (AvgIpc) is 2.34. The highest BCUT2D eigenvalue weighted by Crippen LogP contribution is 2.14. The Balaban J connectivity index is 2.27. The molecule has 0 saturated carbocycles. The van der Waals surface area contributed by atoms with E-state index in [0.717, 1.165) is 3.57 Å². The van der Waals surface area contributed by atoms with Crippen molar-refractivity contribution in [3.8, 4) is 5.75 Å². The minimum Gasteiger partial charge on any atom is -0.486 e. The highest BCUT2D eigenvalue weighted by Gasteiger charge is 2.08. The predicted octanol–water partition coefficient (Wildman–Crippen LogP) is 2.58. The number of carbonyl (C=O) groups is 2. The molecule has 0 aromatic heterocycles. The molecule has 0 heterocycles. The molecule has 0 radical (unpaired) electrons. The molecule has 1 aromatic rings. The van der Waals surface area contributed by atoms with Crippen LogP contribution in [0.15, 0.2) is 24.3 Å². The molecule has 0 saturated heterocycles. The van der Waals surface area contributed by atoms with E-state index in [1.54, 1.807) is 13.0 Å². The minimum atomic E-state index is -0.347. The third kappa shape index (κ3) is 6.00. The fraction of sp³-hybridized carbons (Fsp3) is 0.385. The first-order valence-corrected chi connectivity index (χ1v) is 6.75. The molecular weight excluding hydrogens is 347 g/mol. The molecule has 0 aliphatic heterocycles. The predicted molar refractivity (Wildman–Crippen MR) is 75.5 cm³/mol. The number of esters is 1. The summed E-state index contributed by atoms with van der Waals surface area (Å²) in [7, 11) is 0. The lowest BCUT2D eigenvalue weighted by Crippen LogP contribution is -2.14. The van der Waals surface area contributed by atoms with Crippen molar-refractivity contribution in [3.05, 3.63) is 27.8 Å².